The Kier molecular flexibility index (Phi) is 3.58. The molecule has 1 unspecified atom stereocenters. The zero-order valence-electron chi connectivity index (χ0n) is 9.76. The smallest absolute Gasteiger partial charge is 0.279 e. The summed E-state index contributed by atoms with van der Waals surface area (Å²) in [5.74, 6) is -0.274. The Bertz CT molecular complexity index is 387. The van der Waals surface area contributed by atoms with Gasteiger partial charge in [-0.3, -0.25) is 4.79 Å². The van der Waals surface area contributed by atoms with Crippen LogP contribution in [0.3, 0.4) is 0 Å². The number of amides is 1. The molecule has 1 amide bonds. The zero-order chi connectivity index (χ0) is 12.3. The summed E-state index contributed by atoms with van der Waals surface area (Å²) in [7, 11) is 1.69. The number of hydrogen-bond donors (Lipinski definition) is 1. The highest BCUT2D eigenvalue weighted by Gasteiger charge is 2.23. The van der Waals surface area contributed by atoms with E-state index in [-0.39, 0.29) is 23.5 Å². The molecule has 1 aromatic heterocycles. The molecule has 1 fully saturated rings. The van der Waals surface area contributed by atoms with Crippen molar-refractivity contribution in [3.63, 3.8) is 0 Å². The van der Waals surface area contributed by atoms with Gasteiger partial charge in [-0.2, -0.15) is 0 Å². The Balaban J connectivity index is 1.93. The van der Waals surface area contributed by atoms with Crippen molar-refractivity contribution in [2.75, 3.05) is 25.9 Å². The molecule has 1 aromatic rings. The minimum atomic E-state index is -0.294. The average molecular weight is 240 g/mol. The van der Waals surface area contributed by atoms with E-state index in [1.54, 1.807) is 7.05 Å². The number of nitrogen functional groups attached to an aromatic ring is 1. The lowest BCUT2D eigenvalue weighted by atomic mass is 10.1. The van der Waals surface area contributed by atoms with Crippen LogP contribution in [0.2, 0.25) is 0 Å². The summed E-state index contributed by atoms with van der Waals surface area (Å²) >= 11 is 0. The molecule has 1 atom stereocenters. The molecule has 1 aliphatic heterocycles. The molecule has 0 radical (unpaired) electrons. The number of carbonyl (C=O) groups excluding carboxylic acids is 1. The monoisotopic (exact) mass is 240 g/mol. The Morgan fingerprint density at radius 1 is 1.53 bits per heavy atom. The Labute approximate surface area is 98.9 Å². The van der Waals surface area contributed by atoms with Gasteiger partial charge in [-0.1, -0.05) is 0 Å². The van der Waals surface area contributed by atoms with Crippen molar-refractivity contribution in [3.8, 4) is 0 Å². The summed E-state index contributed by atoms with van der Waals surface area (Å²) in [5.41, 5.74) is 5.52. The van der Waals surface area contributed by atoms with Crippen LogP contribution in [0.4, 0.5) is 5.82 Å². The molecule has 0 aromatic carbocycles. The first-order valence-electron chi connectivity index (χ1n) is 5.63. The summed E-state index contributed by atoms with van der Waals surface area (Å²) in [4.78, 5) is 13.5. The molecule has 2 N–H and O–H groups in total. The van der Waals surface area contributed by atoms with Gasteiger partial charge < -0.3 is 15.4 Å². The van der Waals surface area contributed by atoms with Gasteiger partial charge in [-0.05, 0) is 29.6 Å². The summed E-state index contributed by atoms with van der Waals surface area (Å²) in [6.45, 7) is 1.30. The fourth-order valence-electron chi connectivity index (χ4n) is 1.86. The van der Waals surface area contributed by atoms with Gasteiger partial charge in [0.1, 0.15) is 0 Å². The number of nitrogens with two attached hydrogens (primary N) is 1. The van der Waals surface area contributed by atoms with E-state index < -0.39 is 0 Å². The van der Waals surface area contributed by atoms with Crippen molar-refractivity contribution in [3.05, 3.63) is 5.69 Å². The number of hydrogen-bond acceptors (Lipinski definition) is 6. The highest BCUT2D eigenvalue weighted by molar-refractivity contribution is 5.95. The normalized spacial score (nSPS) is 20.2. The minimum Gasteiger partial charge on any atom is -0.379 e. The first kappa shape index (κ1) is 11.8. The van der Waals surface area contributed by atoms with Crippen molar-refractivity contribution in [2.45, 2.75) is 25.4 Å². The van der Waals surface area contributed by atoms with E-state index in [1.807, 2.05) is 0 Å². The minimum absolute atomic E-state index is 0.0198. The fourth-order valence-corrected chi connectivity index (χ4v) is 1.86. The SMILES string of the molecule is CN(CC1CCCCO1)C(=O)c1nonc1N. The maximum atomic E-state index is 11.9. The summed E-state index contributed by atoms with van der Waals surface area (Å²) in [6.07, 6.45) is 3.30. The van der Waals surface area contributed by atoms with Crippen LogP contribution in [0.5, 0.6) is 0 Å². The van der Waals surface area contributed by atoms with Crippen LogP contribution in [-0.4, -0.2) is 47.4 Å². The van der Waals surface area contributed by atoms with Crippen molar-refractivity contribution in [2.24, 2.45) is 0 Å². The van der Waals surface area contributed by atoms with Gasteiger partial charge in [-0.25, -0.2) is 4.63 Å². The average Bonchev–Trinajstić information content (AvgIpc) is 2.76. The molecular formula is C10H16N4O3. The summed E-state index contributed by atoms with van der Waals surface area (Å²) in [5, 5.41) is 6.87. The van der Waals surface area contributed by atoms with Crippen LogP contribution in [0.15, 0.2) is 4.63 Å². The summed E-state index contributed by atoms with van der Waals surface area (Å²) in [6, 6.07) is 0. The predicted molar refractivity (Wildman–Crippen MR) is 59.3 cm³/mol. The highest BCUT2D eigenvalue weighted by atomic mass is 16.6. The lowest BCUT2D eigenvalue weighted by Crippen LogP contribution is -2.37. The Morgan fingerprint density at radius 3 is 2.94 bits per heavy atom. The number of carbonyl (C=O) groups is 1. The number of ether oxygens (including phenoxy) is 1. The third kappa shape index (κ3) is 2.73. The fraction of sp³-hybridized carbons (Fsp3) is 0.700. The number of nitrogens with zero attached hydrogens (tertiary/aromatic N) is 3. The van der Waals surface area contributed by atoms with Crippen molar-refractivity contribution in [1.82, 2.24) is 15.2 Å². The molecule has 2 heterocycles. The molecule has 1 aliphatic rings. The maximum Gasteiger partial charge on any atom is 0.279 e. The molecule has 94 valence electrons. The van der Waals surface area contributed by atoms with Gasteiger partial charge in [0, 0.05) is 20.2 Å². The number of likely N-dealkylation sites (N-methyl/N-ethyl adjacent to an activating group) is 1. The van der Waals surface area contributed by atoms with E-state index >= 15 is 0 Å². The predicted octanol–water partition coefficient (Wildman–Crippen LogP) is 0.293. The van der Waals surface area contributed by atoms with Crippen LogP contribution in [0.1, 0.15) is 29.8 Å². The van der Waals surface area contributed by atoms with Crippen molar-refractivity contribution in [1.29, 1.82) is 0 Å². The summed E-state index contributed by atoms with van der Waals surface area (Å²) < 4.78 is 9.96. The lowest BCUT2D eigenvalue weighted by Gasteiger charge is -2.26. The van der Waals surface area contributed by atoms with Gasteiger partial charge >= 0.3 is 0 Å². The van der Waals surface area contributed by atoms with Crippen LogP contribution in [-0.2, 0) is 4.74 Å². The standard InChI is InChI=1S/C10H16N4O3/c1-14(6-7-4-2-3-5-16-7)10(15)8-9(11)13-17-12-8/h7H,2-6H2,1H3,(H2,11,13). The van der Waals surface area contributed by atoms with E-state index in [1.165, 1.54) is 4.90 Å². The van der Waals surface area contributed by atoms with Crippen LogP contribution in [0.25, 0.3) is 0 Å². The third-order valence-electron chi connectivity index (χ3n) is 2.81. The van der Waals surface area contributed by atoms with Gasteiger partial charge in [-0.15, -0.1) is 0 Å². The zero-order valence-corrected chi connectivity index (χ0v) is 9.76. The van der Waals surface area contributed by atoms with E-state index in [2.05, 4.69) is 14.9 Å². The maximum absolute atomic E-state index is 11.9. The second kappa shape index (κ2) is 5.13. The quantitative estimate of drug-likeness (QED) is 0.816. The Hall–Kier alpha value is -1.63. The van der Waals surface area contributed by atoms with Gasteiger partial charge in [0.25, 0.3) is 5.91 Å². The van der Waals surface area contributed by atoms with Crippen molar-refractivity contribution >= 4 is 11.7 Å². The first-order chi connectivity index (χ1) is 8.18. The molecule has 7 heteroatoms. The largest absolute Gasteiger partial charge is 0.379 e. The van der Waals surface area contributed by atoms with Gasteiger partial charge in [0.2, 0.25) is 11.5 Å². The molecule has 0 bridgehead atoms. The molecule has 17 heavy (non-hydrogen) atoms. The second-order valence-corrected chi connectivity index (χ2v) is 4.17. The topological polar surface area (TPSA) is 94.5 Å². The molecule has 2 rings (SSSR count). The van der Waals surface area contributed by atoms with E-state index in [0.717, 1.165) is 25.9 Å². The first-order valence-corrected chi connectivity index (χ1v) is 5.63. The van der Waals surface area contributed by atoms with Crippen LogP contribution >= 0.6 is 0 Å². The van der Waals surface area contributed by atoms with E-state index in [4.69, 9.17) is 10.5 Å². The second-order valence-electron chi connectivity index (χ2n) is 4.17. The molecule has 1 saturated heterocycles. The lowest BCUT2D eigenvalue weighted by molar-refractivity contribution is -0.000349. The molecule has 0 spiro atoms. The molecular weight excluding hydrogens is 224 g/mol. The highest BCUT2D eigenvalue weighted by Crippen LogP contribution is 2.15. The third-order valence-corrected chi connectivity index (χ3v) is 2.81. The van der Waals surface area contributed by atoms with Gasteiger partial charge in [0.15, 0.2) is 0 Å². The molecule has 0 saturated carbocycles. The van der Waals surface area contributed by atoms with E-state index in [9.17, 15) is 4.79 Å². The number of aromatic nitrogens is 2. The van der Waals surface area contributed by atoms with E-state index in [0.29, 0.717) is 6.54 Å². The number of anilines is 1. The van der Waals surface area contributed by atoms with Gasteiger partial charge in [0.05, 0.1) is 6.10 Å². The number of rotatable bonds is 3. The molecule has 0 aliphatic carbocycles. The van der Waals surface area contributed by atoms with Crippen molar-refractivity contribution < 1.29 is 14.2 Å². The van der Waals surface area contributed by atoms with Crippen LogP contribution < -0.4 is 5.73 Å². The Morgan fingerprint density at radius 2 is 2.35 bits per heavy atom. The van der Waals surface area contributed by atoms with Crippen LogP contribution in [0, 0.1) is 0 Å². The molecule has 7 nitrogen and oxygen atoms in total.